The monoisotopic (exact) mass is 412 g/mol. The molecule has 0 spiro atoms. The fourth-order valence-corrected chi connectivity index (χ4v) is 4.97. The van der Waals surface area contributed by atoms with Crippen molar-refractivity contribution in [3.8, 4) is 0 Å². The lowest BCUT2D eigenvalue weighted by atomic mass is 9.93. The van der Waals surface area contributed by atoms with Crippen molar-refractivity contribution in [1.29, 1.82) is 0 Å². The summed E-state index contributed by atoms with van der Waals surface area (Å²) in [6.07, 6.45) is 6.77. The van der Waals surface area contributed by atoms with Crippen LogP contribution < -0.4 is 4.72 Å². The zero-order chi connectivity index (χ0) is 19.5. The highest BCUT2D eigenvalue weighted by Crippen LogP contribution is 2.33. The highest BCUT2D eigenvalue weighted by molar-refractivity contribution is 7.90. The van der Waals surface area contributed by atoms with E-state index in [4.69, 9.17) is 4.74 Å². The number of imidazole rings is 1. The molecule has 3 aromatic heterocycles. The number of anilines is 1. The molecule has 2 N–H and O–H groups in total. The number of nitrogens with zero attached hydrogens (tertiary/aromatic N) is 4. The van der Waals surface area contributed by atoms with Gasteiger partial charge in [0.25, 0.3) is 5.92 Å². The van der Waals surface area contributed by atoms with Crippen molar-refractivity contribution < 1.29 is 21.9 Å². The smallest absolute Gasteiger partial charge is 0.303 e. The Morgan fingerprint density at radius 2 is 2.04 bits per heavy atom. The third-order valence-corrected chi connectivity index (χ3v) is 6.60. The van der Waals surface area contributed by atoms with Gasteiger partial charge in [0.1, 0.15) is 0 Å². The number of halogens is 2. The number of alkyl halides is 2. The van der Waals surface area contributed by atoms with E-state index in [-0.39, 0.29) is 5.82 Å². The normalized spacial score (nSPS) is 21.2. The minimum absolute atomic E-state index is 0.0589. The molecular formula is C16H18F2N6O3S. The number of fused-ring (bicyclic) bond motifs is 3. The Hall–Kier alpha value is -2.31. The van der Waals surface area contributed by atoms with Gasteiger partial charge in [-0.25, -0.2) is 18.7 Å². The van der Waals surface area contributed by atoms with Gasteiger partial charge in [-0.2, -0.15) is 12.7 Å². The predicted octanol–water partition coefficient (Wildman–Crippen LogP) is 1.71. The van der Waals surface area contributed by atoms with E-state index >= 15 is 0 Å². The standard InChI is InChI=1S/C16H18F2N6O3S/c17-16(18)8-23(9-16)28(25,26)22-12-7-24-13(21-12)6-20-15-14(24)11(5-19-15)10-1-3-27-4-2-10/h5-7,10,19,22H,1-4,8-9H2. The molecule has 0 amide bonds. The van der Waals surface area contributed by atoms with Crippen LogP contribution in [0.2, 0.25) is 0 Å². The van der Waals surface area contributed by atoms with Gasteiger partial charge < -0.3 is 9.72 Å². The van der Waals surface area contributed by atoms with Crippen LogP contribution in [0.15, 0.2) is 18.6 Å². The molecule has 0 bridgehead atoms. The molecule has 150 valence electrons. The molecule has 0 saturated carbocycles. The molecule has 12 heteroatoms. The summed E-state index contributed by atoms with van der Waals surface area (Å²) in [6.45, 7) is -0.271. The van der Waals surface area contributed by atoms with Crippen molar-refractivity contribution in [2.45, 2.75) is 24.7 Å². The van der Waals surface area contributed by atoms with Gasteiger partial charge in [0.15, 0.2) is 17.1 Å². The van der Waals surface area contributed by atoms with Gasteiger partial charge in [-0.05, 0) is 24.3 Å². The second-order valence-corrected chi connectivity index (χ2v) is 8.84. The summed E-state index contributed by atoms with van der Waals surface area (Å²) in [5.41, 5.74) is 3.04. The second-order valence-electron chi connectivity index (χ2n) is 7.17. The van der Waals surface area contributed by atoms with Crippen molar-refractivity contribution in [2.75, 3.05) is 31.0 Å². The van der Waals surface area contributed by atoms with Crippen LogP contribution >= 0.6 is 0 Å². The molecule has 2 fully saturated rings. The molecular weight excluding hydrogens is 394 g/mol. The lowest BCUT2D eigenvalue weighted by Crippen LogP contribution is -2.59. The topological polar surface area (TPSA) is 105 Å². The Morgan fingerprint density at radius 1 is 1.29 bits per heavy atom. The molecule has 0 radical (unpaired) electrons. The van der Waals surface area contributed by atoms with Crippen molar-refractivity contribution in [2.24, 2.45) is 0 Å². The van der Waals surface area contributed by atoms with Crippen LogP contribution in [0.3, 0.4) is 0 Å². The van der Waals surface area contributed by atoms with Crippen LogP contribution in [0.25, 0.3) is 16.8 Å². The van der Waals surface area contributed by atoms with Crippen LogP contribution in [0.4, 0.5) is 14.6 Å². The molecule has 0 aliphatic carbocycles. The summed E-state index contributed by atoms with van der Waals surface area (Å²) in [4.78, 5) is 11.8. The van der Waals surface area contributed by atoms with Gasteiger partial charge in [0.05, 0.1) is 31.0 Å². The molecule has 2 aliphatic rings. The van der Waals surface area contributed by atoms with Gasteiger partial charge >= 0.3 is 10.2 Å². The Bertz CT molecular complexity index is 1140. The summed E-state index contributed by atoms with van der Waals surface area (Å²) >= 11 is 0. The zero-order valence-corrected chi connectivity index (χ0v) is 15.5. The highest BCUT2D eigenvalue weighted by atomic mass is 32.2. The van der Waals surface area contributed by atoms with E-state index in [1.54, 1.807) is 10.6 Å². The van der Waals surface area contributed by atoms with Crippen LogP contribution in [-0.4, -0.2) is 64.3 Å². The van der Waals surface area contributed by atoms with E-state index in [9.17, 15) is 17.2 Å². The van der Waals surface area contributed by atoms with Crippen LogP contribution in [0.5, 0.6) is 0 Å². The van der Waals surface area contributed by atoms with Crippen molar-refractivity contribution in [3.05, 3.63) is 24.2 Å². The van der Waals surface area contributed by atoms with Gasteiger partial charge in [0, 0.05) is 19.4 Å². The molecule has 0 atom stereocenters. The molecule has 0 aromatic carbocycles. The van der Waals surface area contributed by atoms with E-state index in [1.165, 1.54) is 6.20 Å². The Kier molecular flexibility index (Phi) is 3.87. The molecule has 28 heavy (non-hydrogen) atoms. The average Bonchev–Trinajstić information content (AvgIpc) is 3.22. The summed E-state index contributed by atoms with van der Waals surface area (Å²) in [6, 6.07) is 0. The number of rotatable bonds is 4. The first-order valence-electron chi connectivity index (χ1n) is 8.91. The molecule has 2 saturated heterocycles. The van der Waals surface area contributed by atoms with Gasteiger partial charge in [-0.3, -0.25) is 9.12 Å². The number of aromatic amines is 1. The number of H-pyrrole nitrogens is 1. The molecule has 5 rings (SSSR count). The fraction of sp³-hybridized carbons (Fsp3) is 0.500. The fourth-order valence-electron chi connectivity index (χ4n) is 3.76. The van der Waals surface area contributed by atoms with E-state index in [1.807, 2.05) is 6.20 Å². The van der Waals surface area contributed by atoms with Gasteiger partial charge in [-0.15, -0.1) is 0 Å². The number of hydrogen-bond donors (Lipinski definition) is 2. The Labute approximate surface area is 158 Å². The minimum atomic E-state index is -4.08. The molecule has 3 aromatic rings. The van der Waals surface area contributed by atoms with Crippen LogP contribution in [-0.2, 0) is 14.9 Å². The van der Waals surface area contributed by atoms with Crippen molar-refractivity contribution in [3.63, 3.8) is 0 Å². The Morgan fingerprint density at radius 3 is 2.75 bits per heavy atom. The number of hydrogen-bond acceptors (Lipinski definition) is 5. The summed E-state index contributed by atoms with van der Waals surface area (Å²) in [7, 11) is -4.08. The molecule has 0 unspecified atom stereocenters. The van der Waals surface area contributed by atoms with Crippen LogP contribution in [0, 0.1) is 0 Å². The molecule has 5 heterocycles. The van der Waals surface area contributed by atoms with E-state index in [2.05, 4.69) is 19.7 Å². The third kappa shape index (κ3) is 2.91. The Balaban J connectivity index is 1.50. The number of aromatic nitrogens is 4. The summed E-state index contributed by atoms with van der Waals surface area (Å²) in [5, 5.41) is 0. The molecule has 9 nitrogen and oxygen atoms in total. The van der Waals surface area contributed by atoms with Gasteiger partial charge in [0.2, 0.25) is 0 Å². The van der Waals surface area contributed by atoms with E-state index in [0.29, 0.717) is 34.7 Å². The largest absolute Gasteiger partial charge is 0.381 e. The van der Waals surface area contributed by atoms with E-state index < -0.39 is 29.2 Å². The number of ether oxygens (including phenoxy) is 1. The quantitative estimate of drug-likeness (QED) is 0.679. The lowest BCUT2D eigenvalue weighted by molar-refractivity contribution is -0.0942. The van der Waals surface area contributed by atoms with Gasteiger partial charge in [-0.1, -0.05) is 0 Å². The van der Waals surface area contributed by atoms with Crippen LogP contribution in [0.1, 0.15) is 24.3 Å². The lowest BCUT2D eigenvalue weighted by Gasteiger charge is -2.37. The molecule has 2 aliphatic heterocycles. The first-order valence-corrected chi connectivity index (χ1v) is 10.3. The third-order valence-electron chi connectivity index (χ3n) is 5.20. The zero-order valence-electron chi connectivity index (χ0n) is 14.7. The maximum absolute atomic E-state index is 13.0. The highest BCUT2D eigenvalue weighted by Gasteiger charge is 2.49. The average molecular weight is 412 g/mol. The van der Waals surface area contributed by atoms with Crippen molar-refractivity contribution in [1.82, 2.24) is 23.7 Å². The predicted molar refractivity (Wildman–Crippen MR) is 96.7 cm³/mol. The SMILES string of the molecule is O=S(=O)(Nc1cn2c(cnc3[nH]cc(C4CCOCC4)c32)n1)N1CC(F)(F)C1. The minimum Gasteiger partial charge on any atom is -0.381 e. The second kappa shape index (κ2) is 6.09. The summed E-state index contributed by atoms with van der Waals surface area (Å²) in [5.74, 6) is -2.61. The first-order chi connectivity index (χ1) is 13.3. The van der Waals surface area contributed by atoms with E-state index in [0.717, 1.165) is 23.9 Å². The number of nitrogens with one attached hydrogen (secondary N) is 2. The maximum atomic E-state index is 13.0. The summed E-state index contributed by atoms with van der Waals surface area (Å²) < 4.78 is 60.7. The first kappa shape index (κ1) is 17.8. The van der Waals surface area contributed by atoms with Crippen molar-refractivity contribution >= 4 is 32.8 Å². The maximum Gasteiger partial charge on any atom is 0.303 e.